The Labute approximate surface area is 186 Å². The van der Waals surface area contributed by atoms with Crippen molar-refractivity contribution in [2.24, 2.45) is 0 Å². The van der Waals surface area contributed by atoms with Crippen LogP contribution >= 0.6 is 62.6 Å². The first-order chi connectivity index (χ1) is 12.4. The zero-order valence-electron chi connectivity index (χ0n) is 14.9. The maximum atomic E-state index is 13.0. The quantitative estimate of drug-likeness (QED) is 0.409. The summed E-state index contributed by atoms with van der Waals surface area (Å²) in [5.41, 5.74) is 0.915. The van der Waals surface area contributed by atoms with E-state index in [1.165, 1.54) is 11.3 Å². The van der Waals surface area contributed by atoms with Crippen molar-refractivity contribution in [3.8, 4) is 0 Å². The molecule has 1 aromatic carbocycles. The minimum Gasteiger partial charge on any atom is -0.309 e. The van der Waals surface area contributed by atoms with Crippen LogP contribution in [0.5, 0.6) is 0 Å². The molecule has 1 amide bonds. The van der Waals surface area contributed by atoms with Crippen LogP contribution in [0.4, 0.5) is 5.13 Å². The predicted molar refractivity (Wildman–Crippen MR) is 123 cm³/mol. The average Bonchev–Trinajstić information content (AvgIpc) is 3.16. The van der Waals surface area contributed by atoms with Gasteiger partial charge in [-0.25, -0.2) is 4.98 Å². The maximum absolute atomic E-state index is 13.0. The number of thiazole rings is 1. The van der Waals surface area contributed by atoms with E-state index in [0.29, 0.717) is 17.3 Å². The van der Waals surface area contributed by atoms with Gasteiger partial charge < -0.3 is 4.90 Å². The zero-order valence-corrected chi connectivity index (χ0v) is 19.7. The number of carbonyl (C=O) groups is 1. The van der Waals surface area contributed by atoms with E-state index in [-0.39, 0.29) is 18.3 Å². The third-order valence-electron chi connectivity index (χ3n) is 3.81. The number of aromatic nitrogens is 1. The third-order valence-corrected chi connectivity index (χ3v) is 6.58. The summed E-state index contributed by atoms with van der Waals surface area (Å²) in [6, 6.07) is 9.73. The SMILES string of the molecule is CN(C)CCCN(C(=O)Cc1ccc(Cl)s1)c1nc2ccc(Br)cc2s1.Cl. The lowest BCUT2D eigenvalue weighted by molar-refractivity contribution is -0.118. The second-order valence-electron chi connectivity index (χ2n) is 6.19. The van der Waals surface area contributed by atoms with Crippen LogP contribution in [0.25, 0.3) is 10.2 Å². The number of nitrogens with zero attached hydrogens (tertiary/aromatic N) is 3. The Morgan fingerprint density at radius 2 is 1.96 bits per heavy atom. The molecule has 0 radical (unpaired) electrons. The molecule has 3 aromatic rings. The Kier molecular flexibility index (Phi) is 8.52. The Morgan fingerprint density at radius 1 is 1.19 bits per heavy atom. The second-order valence-corrected chi connectivity index (χ2v) is 9.92. The number of hydrogen-bond donors (Lipinski definition) is 0. The van der Waals surface area contributed by atoms with Crippen molar-refractivity contribution in [2.45, 2.75) is 12.8 Å². The van der Waals surface area contributed by atoms with Gasteiger partial charge in [-0.2, -0.15) is 0 Å². The van der Waals surface area contributed by atoms with Crippen molar-refractivity contribution in [1.29, 1.82) is 0 Å². The standard InChI is InChI=1S/C18H19BrClN3OS2.ClH/c1-22(2)8-3-9-23(17(24)11-13-5-7-16(20)25-13)18-21-14-6-4-12(19)10-15(14)26-18;/h4-7,10H,3,8-9,11H2,1-2H3;1H. The molecule has 0 unspecified atom stereocenters. The summed E-state index contributed by atoms with van der Waals surface area (Å²) in [5, 5.41) is 0.754. The first-order valence-corrected chi connectivity index (χ1v) is 11.0. The zero-order chi connectivity index (χ0) is 18.7. The van der Waals surface area contributed by atoms with Crippen LogP contribution in [-0.2, 0) is 11.2 Å². The van der Waals surface area contributed by atoms with Gasteiger partial charge >= 0.3 is 0 Å². The number of benzene rings is 1. The molecule has 0 saturated carbocycles. The molecule has 0 fully saturated rings. The topological polar surface area (TPSA) is 36.4 Å². The van der Waals surface area contributed by atoms with E-state index in [1.54, 1.807) is 11.3 Å². The predicted octanol–water partition coefficient (Wildman–Crippen LogP) is 5.72. The smallest absolute Gasteiger partial charge is 0.234 e. The minimum absolute atomic E-state index is 0. The molecule has 0 atom stereocenters. The summed E-state index contributed by atoms with van der Waals surface area (Å²) in [5.74, 6) is 0.0559. The Bertz CT molecular complexity index is 913. The fourth-order valence-electron chi connectivity index (χ4n) is 2.57. The van der Waals surface area contributed by atoms with Gasteiger partial charge in [0.05, 0.1) is 21.0 Å². The highest BCUT2D eigenvalue weighted by atomic mass is 79.9. The number of carbonyl (C=O) groups excluding carboxylic acids is 1. The van der Waals surface area contributed by atoms with Gasteiger partial charge in [0.2, 0.25) is 5.91 Å². The van der Waals surface area contributed by atoms with E-state index in [0.717, 1.165) is 37.7 Å². The molecule has 0 spiro atoms. The van der Waals surface area contributed by atoms with E-state index in [1.807, 2.05) is 49.3 Å². The fourth-order valence-corrected chi connectivity index (χ4v) is 5.20. The number of anilines is 1. The van der Waals surface area contributed by atoms with Crippen LogP contribution in [0, 0.1) is 0 Å². The molecule has 2 heterocycles. The summed E-state index contributed by atoms with van der Waals surface area (Å²) in [6.45, 7) is 1.57. The van der Waals surface area contributed by atoms with Gasteiger partial charge in [0.1, 0.15) is 0 Å². The van der Waals surface area contributed by atoms with Crippen molar-refractivity contribution in [3.63, 3.8) is 0 Å². The summed E-state index contributed by atoms with van der Waals surface area (Å²) in [7, 11) is 4.07. The monoisotopic (exact) mass is 507 g/mol. The van der Waals surface area contributed by atoms with Crippen LogP contribution in [0.15, 0.2) is 34.8 Å². The first kappa shape index (κ1) is 22.6. The summed E-state index contributed by atoms with van der Waals surface area (Å²) < 4.78 is 2.79. The number of amides is 1. The van der Waals surface area contributed by atoms with Crippen LogP contribution in [-0.4, -0.2) is 43.0 Å². The molecule has 0 saturated heterocycles. The van der Waals surface area contributed by atoms with Gasteiger partial charge in [-0.15, -0.1) is 23.7 Å². The van der Waals surface area contributed by atoms with E-state index < -0.39 is 0 Å². The lowest BCUT2D eigenvalue weighted by Crippen LogP contribution is -2.34. The van der Waals surface area contributed by atoms with Gasteiger partial charge in [-0.05, 0) is 57.4 Å². The Balaban J connectivity index is 0.00000261. The molecule has 0 aliphatic heterocycles. The van der Waals surface area contributed by atoms with Crippen molar-refractivity contribution < 1.29 is 4.79 Å². The summed E-state index contributed by atoms with van der Waals surface area (Å²) >= 11 is 12.5. The molecule has 0 aliphatic rings. The number of hydrogen-bond acceptors (Lipinski definition) is 5. The summed E-state index contributed by atoms with van der Waals surface area (Å²) in [6.07, 6.45) is 1.24. The largest absolute Gasteiger partial charge is 0.309 e. The number of fused-ring (bicyclic) bond motifs is 1. The maximum Gasteiger partial charge on any atom is 0.234 e. The highest BCUT2D eigenvalue weighted by molar-refractivity contribution is 9.10. The van der Waals surface area contributed by atoms with Crippen LogP contribution in [0.1, 0.15) is 11.3 Å². The summed E-state index contributed by atoms with van der Waals surface area (Å²) in [4.78, 5) is 22.6. The number of halogens is 3. The van der Waals surface area contributed by atoms with Crippen LogP contribution in [0.3, 0.4) is 0 Å². The minimum atomic E-state index is 0. The van der Waals surface area contributed by atoms with Gasteiger partial charge in [0.25, 0.3) is 0 Å². The van der Waals surface area contributed by atoms with Crippen molar-refractivity contribution in [3.05, 3.63) is 44.0 Å². The van der Waals surface area contributed by atoms with E-state index in [2.05, 4.69) is 25.8 Å². The van der Waals surface area contributed by atoms with E-state index in [9.17, 15) is 4.79 Å². The first-order valence-electron chi connectivity index (χ1n) is 8.18. The molecule has 2 aromatic heterocycles. The molecule has 146 valence electrons. The third kappa shape index (κ3) is 6.14. The van der Waals surface area contributed by atoms with Crippen molar-refractivity contribution in [1.82, 2.24) is 9.88 Å². The fraction of sp³-hybridized carbons (Fsp3) is 0.333. The molecular weight excluding hydrogens is 489 g/mol. The number of thiophene rings is 1. The van der Waals surface area contributed by atoms with E-state index >= 15 is 0 Å². The lowest BCUT2D eigenvalue weighted by Gasteiger charge is -2.20. The van der Waals surface area contributed by atoms with E-state index in [4.69, 9.17) is 11.6 Å². The molecule has 27 heavy (non-hydrogen) atoms. The highest BCUT2D eigenvalue weighted by Crippen LogP contribution is 2.32. The molecule has 3 rings (SSSR count). The van der Waals surface area contributed by atoms with Crippen molar-refractivity contribution >= 4 is 83.9 Å². The second kappa shape index (κ2) is 10.2. The van der Waals surface area contributed by atoms with Crippen LogP contribution in [0.2, 0.25) is 4.34 Å². The van der Waals surface area contributed by atoms with Crippen LogP contribution < -0.4 is 4.90 Å². The van der Waals surface area contributed by atoms with Gasteiger partial charge in [0, 0.05) is 15.9 Å². The van der Waals surface area contributed by atoms with Gasteiger partial charge in [0.15, 0.2) is 5.13 Å². The molecule has 0 aliphatic carbocycles. The molecule has 4 nitrogen and oxygen atoms in total. The highest BCUT2D eigenvalue weighted by Gasteiger charge is 2.20. The van der Waals surface area contributed by atoms with Gasteiger partial charge in [-0.1, -0.05) is 38.9 Å². The molecule has 0 N–H and O–H groups in total. The molecular formula is C18H20BrCl2N3OS2. The average molecular weight is 509 g/mol. The Hall–Kier alpha value is -0.700. The normalized spacial score (nSPS) is 11.0. The van der Waals surface area contributed by atoms with Crippen molar-refractivity contribution in [2.75, 3.05) is 32.1 Å². The van der Waals surface area contributed by atoms with Gasteiger partial charge in [-0.3, -0.25) is 9.69 Å². The molecule has 0 bridgehead atoms. The number of rotatable bonds is 7. The molecule has 9 heteroatoms. The lowest BCUT2D eigenvalue weighted by atomic mass is 10.3. The Morgan fingerprint density at radius 3 is 2.63 bits per heavy atom.